The Hall–Kier alpha value is -2.08. The standard InChI is InChI=1S/C12H14N4O2/c1-8(18)5-10-3-4-12(11(6-17)14-10)16-7-13-9(2)15-16/h3-4,7,17H,5-6H2,1-2H3. The average molecular weight is 246 g/mol. The number of aliphatic hydroxyl groups is 1. The van der Waals surface area contributed by atoms with Crippen LogP contribution in [0.5, 0.6) is 0 Å². The fourth-order valence-electron chi connectivity index (χ4n) is 1.68. The van der Waals surface area contributed by atoms with E-state index in [0.29, 0.717) is 22.9 Å². The predicted molar refractivity (Wildman–Crippen MR) is 64.2 cm³/mol. The first-order valence-electron chi connectivity index (χ1n) is 5.58. The first-order valence-corrected chi connectivity index (χ1v) is 5.58. The van der Waals surface area contributed by atoms with Gasteiger partial charge in [-0.1, -0.05) is 0 Å². The van der Waals surface area contributed by atoms with E-state index in [4.69, 9.17) is 0 Å². The molecule has 2 heterocycles. The second-order valence-electron chi connectivity index (χ2n) is 4.04. The highest BCUT2D eigenvalue weighted by Crippen LogP contribution is 2.13. The molecular weight excluding hydrogens is 232 g/mol. The Kier molecular flexibility index (Phi) is 3.47. The molecule has 0 aromatic carbocycles. The quantitative estimate of drug-likeness (QED) is 0.854. The van der Waals surface area contributed by atoms with Gasteiger partial charge in [0, 0.05) is 12.1 Å². The maximum absolute atomic E-state index is 11.0. The lowest BCUT2D eigenvalue weighted by Crippen LogP contribution is -2.07. The first kappa shape index (κ1) is 12.4. The molecule has 0 aliphatic heterocycles. The summed E-state index contributed by atoms with van der Waals surface area (Å²) in [6, 6.07) is 3.54. The lowest BCUT2D eigenvalue weighted by atomic mass is 10.2. The molecule has 18 heavy (non-hydrogen) atoms. The zero-order valence-corrected chi connectivity index (χ0v) is 10.3. The van der Waals surface area contributed by atoms with Crippen molar-refractivity contribution < 1.29 is 9.90 Å². The molecule has 0 bridgehead atoms. The minimum Gasteiger partial charge on any atom is -0.390 e. The summed E-state index contributed by atoms with van der Waals surface area (Å²) in [6.07, 6.45) is 1.83. The number of rotatable bonds is 4. The van der Waals surface area contributed by atoms with Gasteiger partial charge in [0.1, 0.15) is 17.9 Å². The molecule has 0 saturated carbocycles. The van der Waals surface area contributed by atoms with Crippen LogP contribution in [0, 0.1) is 6.92 Å². The Morgan fingerprint density at radius 3 is 2.78 bits per heavy atom. The van der Waals surface area contributed by atoms with E-state index in [1.807, 2.05) is 0 Å². The summed E-state index contributed by atoms with van der Waals surface area (Å²) >= 11 is 0. The van der Waals surface area contributed by atoms with E-state index in [9.17, 15) is 9.90 Å². The Bertz CT molecular complexity index is 577. The maximum Gasteiger partial charge on any atom is 0.147 e. The molecule has 0 radical (unpaired) electrons. The van der Waals surface area contributed by atoms with Crippen LogP contribution in [0.2, 0.25) is 0 Å². The van der Waals surface area contributed by atoms with Crippen LogP contribution in [0.4, 0.5) is 0 Å². The highest BCUT2D eigenvalue weighted by Gasteiger charge is 2.09. The molecule has 0 amide bonds. The number of nitrogens with zero attached hydrogens (tertiary/aromatic N) is 4. The van der Waals surface area contributed by atoms with Gasteiger partial charge in [-0.25, -0.2) is 9.67 Å². The first-order chi connectivity index (χ1) is 8.60. The number of ketones is 1. The van der Waals surface area contributed by atoms with Crippen LogP contribution in [0.1, 0.15) is 24.1 Å². The Balaban J connectivity index is 2.40. The van der Waals surface area contributed by atoms with Crippen LogP contribution in [-0.4, -0.2) is 30.6 Å². The molecule has 0 aliphatic carbocycles. The molecule has 2 aromatic rings. The van der Waals surface area contributed by atoms with Gasteiger partial charge in [0.25, 0.3) is 0 Å². The number of carbonyl (C=O) groups excluding carboxylic acids is 1. The number of Topliss-reactive ketones (excluding diaryl/α,β-unsaturated/α-hetero) is 1. The molecule has 0 fully saturated rings. The number of hydrogen-bond donors (Lipinski definition) is 1. The fourth-order valence-corrected chi connectivity index (χ4v) is 1.68. The largest absolute Gasteiger partial charge is 0.390 e. The third-order valence-corrected chi connectivity index (χ3v) is 2.44. The van der Waals surface area contributed by atoms with Crippen LogP contribution in [0.25, 0.3) is 5.69 Å². The van der Waals surface area contributed by atoms with Gasteiger partial charge >= 0.3 is 0 Å². The molecule has 6 nitrogen and oxygen atoms in total. The summed E-state index contributed by atoms with van der Waals surface area (Å²) in [5.41, 5.74) is 1.80. The van der Waals surface area contributed by atoms with Gasteiger partial charge in [-0.3, -0.25) is 9.78 Å². The number of carbonyl (C=O) groups is 1. The van der Waals surface area contributed by atoms with Crippen molar-refractivity contribution in [3.8, 4) is 5.69 Å². The van der Waals surface area contributed by atoms with Crippen molar-refractivity contribution in [2.75, 3.05) is 0 Å². The van der Waals surface area contributed by atoms with E-state index in [0.717, 1.165) is 0 Å². The summed E-state index contributed by atoms with van der Waals surface area (Å²) in [5.74, 6) is 0.683. The lowest BCUT2D eigenvalue weighted by Gasteiger charge is -2.07. The third-order valence-electron chi connectivity index (χ3n) is 2.44. The van der Waals surface area contributed by atoms with Gasteiger partial charge in [-0.05, 0) is 26.0 Å². The van der Waals surface area contributed by atoms with Crippen LogP contribution in [0.15, 0.2) is 18.5 Å². The van der Waals surface area contributed by atoms with Gasteiger partial charge in [-0.15, -0.1) is 0 Å². The zero-order chi connectivity index (χ0) is 13.1. The Morgan fingerprint density at radius 2 is 2.22 bits per heavy atom. The molecule has 0 saturated heterocycles. The lowest BCUT2D eigenvalue weighted by molar-refractivity contribution is -0.116. The molecule has 0 atom stereocenters. The van der Waals surface area contributed by atoms with Crippen LogP contribution < -0.4 is 0 Å². The fraction of sp³-hybridized carbons (Fsp3) is 0.333. The number of hydrogen-bond acceptors (Lipinski definition) is 5. The minimum absolute atomic E-state index is 0.0377. The molecule has 0 unspecified atom stereocenters. The highest BCUT2D eigenvalue weighted by molar-refractivity contribution is 5.77. The molecule has 0 spiro atoms. The van der Waals surface area contributed by atoms with Gasteiger partial charge < -0.3 is 5.11 Å². The topological polar surface area (TPSA) is 80.9 Å². The Labute approximate surface area is 104 Å². The second-order valence-corrected chi connectivity index (χ2v) is 4.04. The van der Waals surface area contributed by atoms with E-state index >= 15 is 0 Å². The predicted octanol–water partition coefficient (Wildman–Crippen LogP) is 0.595. The van der Waals surface area contributed by atoms with Crippen LogP contribution >= 0.6 is 0 Å². The molecule has 0 aliphatic rings. The molecule has 94 valence electrons. The SMILES string of the molecule is CC(=O)Cc1ccc(-n2cnc(C)n2)c(CO)n1. The minimum atomic E-state index is -0.208. The molecule has 2 aromatic heterocycles. The normalized spacial score (nSPS) is 10.6. The smallest absolute Gasteiger partial charge is 0.147 e. The number of aliphatic hydroxyl groups excluding tert-OH is 1. The molecule has 1 N–H and O–H groups in total. The summed E-state index contributed by atoms with van der Waals surface area (Å²) in [7, 11) is 0. The van der Waals surface area contributed by atoms with Gasteiger partial charge in [-0.2, -0.15) is 5.10 Å². The summed E-state index contributed by atoms with van der Waals surface area (Å²) in [5, 5.41) is 13.5. The summed E-state index contributed by atoms with van der Waals surface area (Å²) in [4.78, 5) is 19.3. The van der Waals surface area contributed by atoms with E-state index in [2.05, 4.69) is 15.1 Å². The van der Waals surface area contributed by atoms with Crippen molar-refractivity contribution >= 4 is 5.78 Å². The number of aromatic nitrogens is 4. The van der Waals surface area contributed by atoms with Gasteiger partial charge in [0.05, 0.1) is 18.0 Å². The average Bonchev–Trinajstić information content (AvgIpc) is 2.74. The van der Waals surface area contributed by atoms with E-state index in [1.54, 1.807) is 30.1 Å². The van der Waals surface area contributed by atoms with Crippen molar-refractivity contribution in [1.82, 2.24) is 19.7 Å². The molecule has 6 heteroatoms. The van der Waals surface area contributed by atoms with Crippen LogP contribution in [0.3, 0.4) is 0 Å². The molecular formula is C12H14N4O2. The monoisotopic (exact) mass is 246 g/mol. The van der Waals surface area contributed by atoms with E-state index in [-0.39, 0.29) is 18.8 Å². The van der Waals surface area contributed by atoms with Crippen molar-refractivity contribution in [3.63, 3.8) is 0 Å². The van der Waals surface area contributed by atoms with E-state index < -0.39 is 0 Å². The summed E-state index contributed by atoms with van der Waals surface area (Å²) in [6.45, 7) is 3.08. The van der Waals surface area contributed by atoms with Gasteiger partial charge in [0.2, 0.25) is 0 Å². The van der Waals surface area contributed by atoms with Crippen molar-refractivity contribution in [1.29, 1.82) is 0 Å². The van der Waals surface area contributed by atoms with Crippen molar-refractivity contribution in [2.24, 2.45) is 0 Å². The highest BCUT2D eigenvalue weighted by atomic mass is 16.3. The molecule has 2 rings (SSSR count). The Morgan fingerprint density at radius 1 is 1.44 bits per heavy atom. The second kappa shape index (κ2) is 5.05. The summed E-state index contributed by atoms with van der Waals surface area (Å²) < 4.78 is 1.56. The number of pyridine rings is 1. The van der Waals surface area contributed by atoms with Gasteiger partial charge in [0.15, 0.2) is 0 Å². The zero-order valence-electron chi connectivity index (χ0n) is 10.3. The van der Waals surface area contributed by atoms with Crippen molar-refractivity contribution in [3.05, 3.63) is 35.7 Å². The number of aryl methyl sites for hydroxylation is 1. The third kappa shape index (κ3) is 2.60. The van der Waals surface area contributed by atoms with Crippen LogP contribution in [-0.2, 0) is 17.8 Å². The van der Waals surface area contributed by atoms with E-state index in [1.165, 1.54) is 6.92 Å². The van der Waals surface area contributed by atoms with Crippen molar-refractivity contribution in [2.45, 2.75) is 26.9 Å². The maximum atomic E-state index is 11.0.